The molecule has 1 atom stereocenters. The van der Waals surface area contributed by atoms with Gasteiger partial charge >= 0.3 is 0 Å². The molecule has 1 aromatic carbocycles. The Morgan fingerprint density at radius 1 is 1.19 bits per heavy atom. The van der Waals surface area contributed by atoms with Crippen molar-refractivity contribution in [2.45, 2.75) is 39.8 Å². The van der Waals surface area contributed by atoms with Crippen LogP contribution >= 0.6 is 11.3 Å². The van der Waals surface area contributed by atoms with Crippen LogP contribution in [0.15, 0.2) is 29.6 Å². The molecule has 1 N–H and O–H groups in total. The third-order valence-electron chi connectivity index (χ3n) is 4.24. The number of aryl methyl sites for hydroxylation is 1. The average Bonchev–Trinajstić information content (AvgIpc) is 3.13. The van der Waals surface area contributed by atoms with Crippen LogP contribution in [0.5, 0.6) is 0 Å². The van der Waals surface area contributed by atoms with E-state index in [2.05, 4.69) is 10.3 Å². The zero-order valence-electron chi connectivity index (χ0n) is 15.0. The molecule has 1 unspecified atom stereocenters. The molecule has 1 aromatic heterocycles. The number of thiazole rings is 1. The number of imide groups is 1. The largest absolute Gasteiger partial charge is 0.349 e. The van der Waals surface area contributed by atoms with E-state index < -0.39 is 17.9 Å². The number of nitrogens with zero attached hydrogens (tertiary/aromatic N) is 2. The van der Waals surface area contributed by atoms with Gasteiger partial charge in [0.15, 0.2) is 0 Å². The van der Waals surface area contributed by atoms with Gasteiger partial charge in [-0.15, -0.1) is 11.3 Å². The van der Waals surface area contributed by atoms with Gasteiger partial charge in [0.1, 0.15) is 6.04 Å². The van der Waals surface area contributed by atoms with Crippen LogP contribution in [0.25, 0.3) is 0 Å². The van der Waals surface area contributed by atoms with Crippen molar-refractivity contribution < 1.29 is 14.4 Å². The normalized spacial score (nSPS) is 14.7. The van der Waals surface area contributed by atoms with E-state index in [9.17, 15) is 14.4 Å². The van der Waals surface area contributed by atoms with Gasteiger partial charge in [-0.25, -0.2) is 4.98 Å². The third kappa shape index (κ3) is 3.53. The number of hydrogen-bond acceptors (Lipinski definition) is 5. The van der Waals surface area contributed by atoms with Crippen LogP contribution in [-0.2, 0) is 11.3 Å². The molecule has 0 spiro atoms. The summed E-state index contributed by atoms with van der Waals surface area (Å²) in [5.41, 5.74) is 1.48. The summed E-state index contributed by atoms with van der Waals surface area (Å²) >= 11 is 1.51. The number of carbonyl (C=O) groups is 3. The lowest BCUT2D eigenvalue weighted by Gasteiger charge is -2.26. The average molecular weight is 371 g/mol. The van der Waals surface area contributed by atoms with E-state index in [-0.39, 0.29) is 18.4 Å². The first kappa shape index (κ1) is 18.3. The van der Waals surface area contributed by atoms with Gasteiger partial charge in [0.2, 0.25) is 5.91 Å². The Kier molecular flexibility index (Phi) is 5.18. The highest BCUT2D eigenvalue weighted by Gasteiger charge is 2.42. The number of carbonyl (C=O) groups excluding carboxylic acids is 3. The summed E-state index contributed by atoms with van der Waals surface area (Å²) < 4.78 is 0. The molecule has 0 aliphatic carbocycles. The van der Waals surface area contributed by atoms with Gasteiger partial charge in [-0.3, -0.25) is 19.3 Å². The minimum atomic E-state index is -0.831. The van der Waals surface area contributed by atoms with Crippen molar-refractivity contribution in [3.05, 3.63) is 51.5 Å². The Bertz CT molecular complexity index is 824. The first-order chi connectivity index (χ1) is 12.4. The molecule has 0 saturated carbocycles. The van der Waals surface area contributed by atoms with Crippen LogP contribution in [0.4, 0.5) is 0 Å². The number of benzene rings is 1. The van der Waals surface area contributed by atoms with Gasteiger partial charge in [-0.2, -0.15) is 0 Å². The predicted molar refractivity (Wildman–Crippen MR) is 98.9 cm³/mol. The SMILES string of the molecule is Cc1nc(CNC(=O)C(CC(C)C)N2C(=O)c3ccccc3C2=O)cs1. The predicted octanol–water partition coefficient (Wildman–Crippen LogP) is 2.78. The molecule has 0 fully saturated rings. The molecule has 26 heavy (non-hydrogen) atoms. The molecule has 1 aliphatic heterocycles. The van der Waals surface area contributed by atoms with Crippen LogP contribution in [0.1, 0.15) is 51.7 Å². The topological polar surface area (TPSA) is 79.4 Å². The van der Waals surface area contributed by atoms with Crippen LogP contribution in [0, 0.1) is 12.8 Å². The van der Waals surface area contributed by atoms with Crippen molar-refractivity contribution >= 4 is 29.1 Å². The second-order valence-electron chi connectivity index (χ2n) is 6.75. The van der Waals surface area contributed by atoms with Crippen molar-refractivity contribution in [2.24, 2.45) is 5.92 Å². The van der Waals surface area contributed by atoms with E-state index in [1.807, 2.05) is 26.2 Å². The Balaban J connectivity index is 1.81. The lowest BCUT2D eigenvalue weighted by molar-refractivity contribution is -0.125. The van der Waals surface area contributed by atoms with Crippen LogP contribution < -0.4 is 5.32 Å². The van der Waals surface area contributed by atoms with E-state index in [4.69, 9.17) is 0 Å². The molecule has 2 aromatic rings. The highest BCUT2D eigenvalue weighted by molar-refractivity contribution is 7.09. The maximum absolute atomic E-state index is 12.8. The summed E-state index contributed by atoms with van der Waals surface area (Å²) in [6, 6.07) is 5.85. The maximum atomic E-state index is 12.8. The molecule has 0 radical (unpaired) electrons. The smallest absolute Gasteiger partial charge is 0.262 e. The Labute approximate surface area is 156 Å². The Hall–Kier alpha value is -2.54. The van der Waals surface area contributed by atoms with Gasteiger partial charge in [-0.1, -0.05) is 26.0 Å². The molecule has 6 nitrogen and oxygen atoms in total. The minimum Gasteiger partial charge on any atom is -0.349 e. The number of rotatable bonds is 6. The molecule has 0 saturated heterocycles. The number of amides is 3. The van der Waals surface area contributed by atoms with Crippen molar-refractivity contribution in [3.8, 4) is 0 Å². The fourth-order valence-electron chi connectivity index (χ4n) is 3.05. The highest BCUT2D eigenvalue weighted by Crippen LogP contribution is 2.27. The number of fused-ring (bicyclic) bond motifs is 1. The molecular formula is C19H21N3O3S. The molecule has 3 amide bonds. The van der Waals surface area contributed by atoms with Gasteiger partial charge in [-0.05, 0) is 31.4 Å². The fraction of sp³-hybridized carbons (Fsp3) is 0.368. The summed E-state index contributed by atoms with van der Waals surface area (Å²) in [5.74, 6) is -0.998. The summed E-state index contributed by atoms with van der Waals surface area (Å²) in [7, 11) is 0. The summed E-state index contributed by atoms with van der Waals surface area (Å²) in [6.45, 7) is 6.10. The quantitative estimate of drug-likeness (QED) is 0.792. The Morgan fingerprint density at radius 3 is 2.31 bits per heavy atom. The van der Waals surface area contributed by atoms with Gasteiger partial charge in [0.25, 0.3) is 11.8 Å². The third-order valence-corrected chi connectivity index (χ3v) is 5.07. The molecular weight excluding hydrogens is 350 g/mol. The van der Waals surface area contributed by atoms with E-state index in [1.165, 1.54) is 11.3 Å². The molecule has 3 rings (SSSR count). The van der Waals surface area contributed by atoms with Gasteiger partial charge < -0.3 is 5.32 Å². The number of hydrogen-bond donors (Lipinski definition) is 1. The molecule has 1 aliphatic rings. The molecule has 2 heterocycles. The zero-order valence-corrected chi connectivity index (χ0v) is 15.8. The maximum Gasteiger partial charge on any atom is 0.262 e. The van der Waals surface area contributed by atoms with Crippen molar-refractivity contribution in [1.82, 2.24) is 15.2 Å². The van der Waals surface area contributed by atoms with Crippen LogP contribution in [0.3, 0.4) is 0 Å². The second kappa shape index (κ2) is 7.37. The van der Waals surface area contributed by atoms with Crippen molar-refractivity contribution in [2.75, 3.05) is 0 Å². The fourth-order valence-corrected chi connectivity index (χ4v) is 3.66. The first-order valence-electron chi connectivity index (χ1n) is 8.54. The minimum absolute atomic E-state index is 0.150. The van der Waals surface area contributed by atoms with E-state index in [1.54, 1.807) is 24.3 Å². The van der Waals surface area contributed by atoms with E-state index >= 15 is 0 Å². The first-order valence-corrected chi connectivity index (χ1v) is 9.42. The van der Waals surface area contributed by atoms with E-state index in [0.29, 0.717) is 17.5 Å². The number of aromatic nitrogens is 1. The number of nitrogens with one attached hydrogen (secondary N) is 1. The molecule has 0 bridgehead atoms. The second-order valence-corrected chi connectivity index (χ2v) is 7.81. The lowest BCUT2D eigenvalue weighted by Crippen LogP contribution is -2.50. The molecule has 136 valence electrons. The summed E-state index contributed by atoms with van der Waals surface area (Å²) in [4.78, 5) is 43.7. The highest BCUT2D eigenvalue weighted by atomic mass is 32.1. The van der Waals surface area contributed by atoms with Crippen molar-refractivity contribution in [3.63, 3.8) is 0 Å². The monoisotopic (exact) mass is 371 g/mol. The van der Waals surface area contributed by atoms with Crippen LogP contribution in [-0.4, -0.2) is 33.6 Å². The van der Waals surface area contributed by atoms with E-state index in [0.717, 1.165) is 15.6 Å². The summed E-state index contributed by atoms with van der Waals surface area (Å²) in [5, 5.41) is 5.63. The van der Waals surface area contributed by atoms with Crippen LogP contribution in [0.2, 0.25) is 0 Å². The lowest BCUT2D eigenvalue weighted by atomic mass is 10.0. The van der Waals surface area contributed by atoms with Crippen molar-refractivity contribution in [1.29, 1.82) is 0 Å². The summed E-state index contributed by atoms with van der Waals surface area (Å²) in [6.07, 6.45) is 0.410. The molecule has 7 heteroatoms. The Morgan fingerprint density at radius 2 is 1.81 bits per heavy atom. The van der Waals surface area contributed by atoms with Gasteiger partial charge in [0, 0.05) is 5.38 Å². The zero-order chi connectivity index (χ0) is 18.8. The van der Waals surface area contributed by atoms with Gasteiger partial charge in [0.05, 0.1) is 28.4 Å². The standard InChI is InChI=1S/C19H21N3O3S/c1-11(2)8-16(17(23)20-9-13-10-26-12(3)21-13)22-18(24)14-6-4-5-7-15(14)19(22)25/h4-7,10-11,16H,8-9H2,1-3H3,(H,20,23).